The number of thiazole rings is 1. The van der Waals surface area contributed by atoms with Gasteiger partial charge in [-0.25, -0.2) is 13.1 Å². The largest absolute Gasteiger partial charge is 0.371 e. The van der Waals surface area contributed by atoms with E-state index in [0.717, 1.165) is 35.6 Å². The van der Waals surface area contributed by atoms with Crippen LogP contribution in [0.1, 0.15) is 30.9 Å². The standard InChI is InChI=1S/C27H28ClN3O3S2/c1-19-3-2-14-30(17-19)23-10-6-20(7-11-23)16-29-36(33,34)24-12-13-25-26(15-24)35-27(32)31(25)18-21-4-8-22(28)9-5-21/h4-13,15,19,29H,2-3,14,16-18H2,1H3/t19-/m1/s1. The van der Waals surface area contributed by atoms with Crippen LogP contribution in [-0.4, -0.2) is 26.1 Å². The number of sulfonamides is 1. The van der Waals surface area contributed by atoms with Crippen molar-refractivity contribution in [3.63, 3.8) is 0 Å². The summed E-state index contributed by atoms with van der Waals surface area (Å²) in [6.45, 7) is 4.99. The lowest BCUT2D eigenvalue weighted by Gasteiger charge is -2.32. The van der Waals surface area contributed by atoms with E-state index in [2.05, 4.69) is 28.7 Å². The molecule has 3 aromatic carbocycles. The number of rotatable bonds is 7. The van der Waals surface area contributed by atoms with E-state index in [1.807, 2.05) is 24.3 Å². The molecule has 2 heterocycles. The van der Waals surface area contributed by atoms with Crippen molar-refractivity contribution in [3.05, 3.63) is 92.5 Å². The molecule has 0 aliphatic carbocycles. The summed E-state index contributed by atoms with van der Waals surface area (Å²) in [5, 5.41) is 0.635. The van der Waals surface area contributed by atoms with Gasteiger partial charge in [0.2, 0.25) is 10.0 Å². The minimum Gasteiger partial charge on any atom is -0.371 e. The molecule has 0 amide bonds. The number of hydrogen-bond donors (Lipinski definition) is 1. The van der Waals surface area contributed by atoms with Crippen molar-refractivity contribution in [1.82, 2.24) is 9.29 Å². The summed E-state index contributed by atoms with van der Waals surface area (Å²) in [6, 6.07) is 20.2. The molecular weight excluding hydrogens is 514 g/mol. The van der Waals surface area contributed by atoms with Crippen molar-refractivity contribution in [3.8, 4) is 0 Å². The van der Waals surface area contributed by atoms with Crippen LogP contribution in [0.25, 0.3) is 10.2 Å². The van der Waals surface area contributed by atoms with E-state index in [4.69, 9.17) is 11.6 Å². The minimum atomic E-state index is -3.73. The van der Waals surface area contributed by atoms with Gasteiger partial charge in [0.05, 0.1) is 21.7 Å². The van der Waals surface area contributed by atoms with Crippen LogP contribution in [0, 0.1) is 5.92 Å². The van der Waals surface area contributed by atoms with Gasteiger partial charge in [0.15, 0.2) is 0 Å². The monoisotopic (exact) mass is 541 g/mol. The molecule has 36 heavy (non-hydrogen) atoms. The van der Waals surface area contributed by atoms with Gasteiger partial charge in [-0.2, -0.15) is 0 Å². The van der Waals surface area contributed by atoms with E-state index in [-0.39, 0.29) is 16.3 Å². The second kappa shape index (κ2) is 10.4. The third kappa shape index (κ3) is 5.52. The van der Waals surface area contributed by atoms with E-state index < -0.39 is 10.0 Å². The number of aromatic nitrogens is 1. The second-order valence-corrected chi connectivity index (χ2v) is 12.6. The van der Waals surface area contributed by atoms with Crippen LogP contribution in [-0.2, 0) is 23.1 Å². The highest BCUT2D eigenvalue weighted by Crippen LogP contribution is 2.25. The molecule has 1 saturated heterocycles. The lowest BCUT2D eigenvalue weighted by molar-refractivity contribution is 0.447. The fraction of sp³-hybridized carbons (Fsp3) is 0.296. The number of nitrogens with one attached hydrogen (secondary N) is 1. The van der Waals surface area contributed by atoms with Crippen LogP contribution in [0.5, 0.6) is 0 Å². The number of fused-ring (bicyclic) bond motifs is 1. The summed E-state index contributed by atoms with van der Waals surface area (Å²) in [7, 11) is -3.73. The number of anilines is 1. The average Bonchev–Trinajstić information content (AvgIpc) is 3.18. The number of nitrogens with zero attached hydrogens (tertiary/aromatic N) is 2. The normalized spacial score (nSPS) is 16.5. The van der Waals surface area contributed by atoms with E-state index in [1.54, 1.807) is 34.9 Å². The molecule has 6 nitrogen and oxygen atoms in total. The van der Waals surface area contributed by atoms with Crippen molar-refractivity contribution >= 4 is 48.9 Å². The third-order valence-electron chi connectivity index (χ3n) is 6.63. The maximum atomic E-state index is 13.0. The Morgan fingerprint density at radius 1 is 1.03 bits per heavy atom. The Labute approximate surface area is 220 Å². The number of piperidine rings is 1. The Kier molecular flexibility index (Phi) is 7.21. The van der Waals surface area contributed by atoms with Gasteiger partial charge in [-0.3, -0.25) is 9.36 Å². The van der Waals surface area contributed by atoms with Gasteiger partial charge in [-0.05, 0) is 72.4 Å². The molecule has 5 rings (SSSR count). The Balaban J connectivity index is 1.29. The summed E-state index contributed by atoms with van der Waals surface area (Å²) in [6.07, 6.45) is 2.47. The zero-order valence-corrected chi connectivity index (χ0v) is 22.4. The van der Waals surface area contributed by atoms with Crippen LogP contribution in [0.4, 0.5) is 5.69 Å². The molecule has 4 aromatic rings. The summed E-state index contributed by atoms with van der Waals surface area (Å²) >= 11 is 7.00. The Bertz CT molecular complexity index is 1530. The van der Waals surface area contributed by atoms with Gasteiger partial charge < -0.3 is 4.90 Å². The molecule has 0 unspecified atom stereocenters. The third-order valence-corrected chi connectivity index (χ3v) is 9.22. The van der Waals surface area contributed by atoms with Crippen molar-refractivity contribution in [2.75, 3.05) is 18.0 Å². The fourth-order valence-corrected chi connectivity index (χ4v) is 6.82. The molecule has 1 aliphatic rings. The highest BCUT2D eigenvalue weighted by molar-refractivity contribution is 7.89. The first kappa shape index (κ1) is 25.0. The first-order chi connectivity index (χ1) is 17.3. The van der Waals surface area contributed by atoms with Gasteiger partial charge >= 0.3 is 4.87 Å². The molecule has 1 aromatic heterocycles. The molecule has 0 radical (unpaired) electrons. The summed E-state index contributed by atoms with van der Waals surface area (Å²) in [5.74, 6) is 0.690. The molecule has 0 bridgehead atoms. The Morgan fingerprint density at radius 3 is 2.47 bits per heavy atom. The molecule has 1 N–H and O–H groups in total. The van der Waals surface area contributed by atoms with Crippen LogP contribution in [0.2, 0.25) is 5.02 Å². The van der Waals surface area contributed by atoms with Crippen LogP contribution in [0.3, 0.4) is 0 Å². The number of halogens is 1. The Hall–Kier alpha value is -2.65. The van der Waals surface area contributed by atoms with Gasteiger partial charge in [-0.1, -0.05) is 54.1 Å². The molecule has 1 fully saturated rings. The molecule has 0 saturated carbocycles. The van der Waals surface area contributed by atoms with Crippen LogP contribution < -0.4 is 14.5 Å². The van der Waals surface area contributed by atoms with Crippen LogP contribution >= 0.6 is 22.9 Å². The fourth-order valence-electron chi connectivity index (χ4n) is 4.65. The average molecular weight is 542 g/mol. The summed E-state index contributed by atoms with van der Waals surface area (Å²) in [4.78, 5) is 15.0. The molecule has 1 atom stereocenters. The topological polar surface area (TPSA) is 71.4 Å². The summed E-state index contributed by atoms with van der Waals surface area (Å²) < 4.78 is 31.0. The molecule has 188 valence electrons. The summed E-state index contributed by atoms with van der Waals surface area (Å²) in [5.41, 5.74) is 3.73. The second-order valence-electron chi connectivity index (χ2n) is 9.39. The smallest absolute Gasteiger partial charge is 0.308 e. The minimum absolute atomic E-state index is 0.134. The van der Waals surface area contributed by atoms with Gasteiger partial charge in [0, 0.05) is 30.3 Å². The Morgan fingerprint density at radius 2 is 1.75 bits per heavy atom. The van der Waals surface area contributed by atoms with E-state index in [9.17, 15) is 13.2 Å². The number of hydrogen-bond acceptors (Lipinski definition) is 5. The van der Waals surface area contributed by atoms with Crippen molar-refractivity contribution in [2.45, 2.75) is 37.8 Å². The van der Waals surface area contributed by atoms with E-state index in [0.29, 0.717) is 27.7 Å². The van der Waals surface area contributed by atoms with Crippen LogP contribution in [0.15, 0.2) is 76.4 Å². The molecular formula is C27H28ClN3O3S2. The quantitative estimate of drug-likeness (QED) is 0.336. The predicted molar refractivity (Wildman–Crippen MR) is 148 cm³/mol. The zero-order chi connectivity index (χ0) is 25.3. The predicted octanol–water partition coefficient (Wildman–Crippen LogP) is 5.48. The van der Waals surface area contributed by atoms with Gasteiger partial charge in [0.25, 0.3) is 0 Å². The maximum absolute atomic E-state index is 13.0. The van der Waals surface area contributed by atoms with Crippen molar-refractivity contribution < 1.29 is 8.42 Å². The lowest BCUT2D eigenvalue weighted by atomic mass is 9.99. The highest BCUT2D eigenvalue weighted by atomic mass is 35.5. The SMILES string of the molecule is C[C@@H]1CCCN(c2ccc(CNS(=O)(=O)c3ccc4c(c3)sc(=O)n4Cc3ccc(Cl)cc3)cc2)C1. The lowest BCUT2D eigenvalue weighted by Crippen LogP contribution is -2.34. The maximum Gasteiger partial charge on any atom is 0.308 e. The first-order valence-electron chi connectivity index (χ1n) is 12.0. The van der Waals surface area contributed by atoms with Gasteiger partial charge in [0.1, 0.15) is 0 Å². The first-order valence-corrected chi connectivity index (χ1v) is 14.7. The van der Waals surface area contributed by atoms with Crippen molar-refractivity contribution in [1.29, 1.82) is 0 Å². The van der Waals surface area contributed by atoms with Crippen molar-refractivity contribution in [2.24, 2.45) is 5.92 Å². The molecule has 9 heteroatoms. The van der Waals surface area contributed by atoms with Gasteiger partial charge in [-0.15, -0.1) is 0 Å². The molecule has 1 aliphatic heterocycles. The highest BCUT2D eigenvalue weighted by Gasteiger charge is 2.18. The van der Waals surface area contributed by atoms with E-state index >= 15 is 0 Å². The zero-order valence-electron chi connectivity index (χ0n) is 20.0. The molecule has 0 spiro atoms. The number of benzene rings is 3. The van der Waals surface area contributed by atoms with E-state index in [1.165, 1.54) is 18.5 Å².